The molecule has 4 nitrogen and oxygen atoms in total. The van der Waals surface area contributed by atoms with E-state index in [0.29, 0.717) is 6.04 Å². The highest BCUT2D eigenvalue weighted by atomic mass is 16.3. The summed E-state index contributed by atoms with van der Waals surface area (Å²) in [5.74, 6) is 0. The summed E-state index contributed by atoms with van der Waals surface area (Å²) in [6.07, 6.45) is 6.17. The zero-order valence-corrected chi connectivity index (χ0v) is 11.3. The molecule has 1 aromatic carbocycles. The van der Waals surface area contributed by atoms with E-state index in [1.165, 1.54) is 10.9 Å². The van der Waals surface area contributed by atoms with Crippen LogP contribution in [0.2, 0.25) is 0 Å². The largest absolute Gasteiger partial charge is 0.394 e. The minimum atomic E-state index is -0.143. The lowest BCUT2D eigenvalue weighted by Gasteiger charge is -2.39. The first-order valence-corrected chi connectivity index (χ1v) is 7.00. The molecule has 2 aromatic rings. The van der Waals surface area contributed by atoms with Crippen molar-refractivity contribution in [2.75, 3.05) is 13.7 Å². The summed E-state index contributed by atoms with van der Waals surface area (Å²) in [4.78, 5) is 0. The molecule has 2 unspecified atom stereocenters. The number of benzene rings is 1. The van der Waals surface area contributed by atoms with Crippen molar-refractivity contribution in [1.82, 2.24) is 15.1 Å². The number of aromatic nitrogens is 2. The molecule has 1 fully saturated rings. The van der Waals surface area contributed by atoms with Crippen molar-refractivity contribution in [3.05, 3.63) is 30.5 Å². The molecule has 1 aliphatic carbocycles. The van der Waals surface area contributed by atoms with Gasteiger partial charge in [-0.1, -0.05) is 18.2 Å². The molecule has 0 saturated heterocycles. The number of rotatable bonds is 3. The van der Waals surface area contributed by atoms with Crippen molar-refractivity contribution in [2.45, 2.75) is 37.3 Å². The fraction of sp³-hybridized carbons (Fsp3) is 0.533. The monoisotopic (exact) mass is 259 g/mol. The molecule has 0 spiro atoms. The van der Waals surface area contributed by atoms with E-state index in [4.69, 9.17) is 0 Å². The van der Waals surface area contributed by atoms with E-state index in [1.807, 2.05) is 19.3 Å². The van der Waals surface area contributed by atoms with E-state index in [-0.39, 0.29) is 12.1 Å². The number of para-hydroxylation sites is 1. The first kappa shape index (κ1) is 12.6. The smallest absolute Gasteiger partial charge is 0.0685 e. The second-order valence-electron chi connectivity index (χ2n) is 5.59. The molecule has 2 atom stereocenters. The van der Waals surface area contributed by atoms with Gasteiger partial charge in [0.15, 0.2) is 0 Å². The molecule has 0 bridgehead atoms. The number of hydrogen-bond acceptors (Lipinski definition) is 3. The molecule has 3 rings (SSSR count). The Bertz CT molecular complexity index is 559. The summed E-state index contributed by atoms with van der Waals surface area (Å²) in [6, 6.07) is 8.69. The topological polar surface area (TPSA) is 50.1 Å². The highest BCUT2D eigenvalue weighted by molar-refractivity contribution is 5.78. The van der Waals surface area contributed by atoms with Crippen LogP contribution in [0.1, 0.15) is 31.7 Å². The molecule has 0 radical (unpaired) electrons. The summed E-state index contributed by atoms with van der Waals surface area (Å²) >= 11 is 0. The minimum Gasteiger partial charge on any atom is -0.394 e. The van der Waals surface area contributed by atoms with Crippen LogP contribution in [0.4, 0.5) is 0 Å². The Kier molecular flexibility index (Phi) is 3.29. The molecule has 2 N–H and O–H groups in total. The molecule has 1 heterocycles. The third-order valence-corrected chi connectivity index (χ3v) is 4.50. The molecule has 0 aliphatic heterocycles. The van der Waals surface area contributed by atoms with Crippen LogP contribution in [0, 0.1) is 0 Å². The van der Waals surface area contributed by atoms with E-state index in [1.54, 1.807) is 0 Å². The average molecular weight is 259 g/mol. The molecule has 1 saturated carbocycles. The quantitative estimate of drug-likeness (QED) is 0.887. The molecule has 1 aliphatic rings. The Hall–Kier alpha value is -1.39. The van der Waals surface area contributed by atoms with Gasteiger partial charge in [-0.05, 0) is 38.8 Å². The van der Waals surface area contributed by atoms with E-state index < -0.39 is 0 Å². The fourth-order valence-electron chi connectivity index (χ4n) is 3.27. The molecule has 4 heteroatoms. The van der Waals surface area contributed by atoms with Gasteiger partial charge in [-0.25, -0.2) is 0 Å². The summed E-state index contributed by atoms with van der Waals surface area (Å²) in [6.45, 7) is 0.194. The number of nitrogens with zero attached hydrogens (tertiary/aromatic N) is 2. The SMILES string of the molecule is CNC1(CO)CCCC(n2ncc3ccccc32)C1. The van der Waals surface area contributed by atoms with Crippen LogP contribution in [-0.2, 0) is 0 Å². The number of fused-ring (bicyclic) bond motifs is 1. The number of likely N-dealkylation sites (N-methyl/N-ethyl adjacent to an activating group) is 1. The lowest BCUT2D eigenvalue weighted by molar-refractivity contribution is 0.103. The lowest BCUT2D eigenvalue weighted by atomic mass is 9.79. The number of aliphatic hydroxyl groups excluding tert-OH is 1. The highest BCUT2D eigenvalue weighted by Gasteiger charge is 2.35. The van der Waals surface area contributed by atoms with E-state index >= 15 is 0 Å². The van der Waals surface area contributed by atoms with Gasteiger partial charge in [0.1, 0.15) is 0 Å². The number of nitrogens with one attached hydrogen (secondary N) is 1. The average Bonchev–Trinajstić information content (AvgIpc) is 2.91. The molecular formula is C15H21N3O. The van der Waals surface area contributed by atoms with Crippen LogP contribution in [-0.4, -0.2) is 34.1 Å². The van der Waals surface area contributed by atoms with Gasteiger partial charge < -0.3 is 10.4 Å². The predicted octanol–water partition coefficient (Wildman–Crippen LogP) is 2.10. The molecule has 0 amide bonds. The maximum absolute atomic E-state index is 9.68. The Morgan fingerprint density at radius 2 is 2.32 bits per heavy atom. The van der Waals surface area contributed by atoms with Crippen molar-refractivity contribution in [2.24, 2.45) is 0 Å². The lowest BCUT2D eigenvalue weighted by Crippen LogP contribution is -2.50. The summed E-state index contributed by atoms with van der Waals surface area (Å²) in [5.41, 5.74) is 1.05. The van der Waals surface area contributed by atoms with Crippen LogP contribution in [0.5, 0.6) is 0 Å². The van der Waals surface area contributed by atoms with Crippen molar-refractivity contribution >= 4 is 10.9 Å². The third-order valence-electron chi connectivity index (χ3n) is 4.50. The Morgan fingerprint density at radius 1 is 1.47 bits per heavy atom. The summed E-state index contributed by atoms with van der Waals surface area (Å²) in [5, 5.41) is 18.7. The maximum atomic E-state index is 9.68. The van der Waals surface area contributed by atoms with E-state index in [9.17, 15) is 5.11 Å². The van der Waals surface area contributed by atoms with Crippen molar-refractivity contribution in [1.29, 1.82) is 0 Å². The van der Waals surface area contributed by atoms with Crippen LogP contribution < -0.4 is 5.32 Å². The normalized spacial score (nSPS) is 27.8. The summed E-state index contributed by atoms with van der Waals surface area (Å²) in [7, 11) is 1.94. The highest BCUT2D eigenvalue weighted by Crippen LogP contribution is 2.36. The number of aliphatic hydroxyl groups is 1. The molecule has 19 heavy (non-hydrogen) atoms. The van der Waals surface area contributed by atoms with Gasteiger partial charge in [0.25, 0.3) is 0 Å². The second-order valence-corrected chi connectivity index (χ2v) is 5.59. The zero-order valence-electron chi connectivity index (χ0n) is 11.3. The Labute approximate surface area is 113 Å². The first-order valence-electron chi connectivity index (χ1n) is 7.00. The zero-order chi connectivity index (χ0) is 13.3. The molecule has 102 valence electrons. The predicted molar refractivity (Wildman–Crippen MR) is 76.1 cm³/mol. The van der Waals surface area contributed by atoms with Crippen molar-refractivity contribution < 1.29 is 5.11 Å². The Morgan fingerprint density at radius 3 is 3.11 bits per heavy atom. The number of hydrogen-bond donors (Lipinski definition) is 2. The van der Waals surface area contributed by atoms with E-state index in [2.05, 4.69) is 33.3 Å². The van der Waals surface area contributed by atoms with Crippen LogP contribution in [0.15, 0.2) is 30.5 Å². The maximum Gasteiger partial charge on any atom is 0.0685 e. The first-order chi connectivity index (χ1) is 9.28. The van der Waals surface area contributed by atoms with Crippen LogP contribution in [0.3, 0.4) is 0 Å². The van der Waals surface area contributed by atoms with Crippen LogP contribution >= 0.6 is 0 Å². The Balaban J connectivity index is 1.93. The minimum absolute atomic E-state index is 0.143. The van der Waals surface area contributed by atoms with E-state index in [0.717, 1.165) is 25.7 Å². The van der Waals surface area contributed by atoms with Gasteiger partial charge in [-0.15, -0.1) is 0 Å². The third kappa shape index (κ3) is 2.15. The second kappa shape index (κ2) is 4.94. The van der Waals surface area contributed by atoms with Crippen molar-refractivity contribution in [3.8, 4) is 0 Å². The van der Waals surface area contributed by atoms with Gasteiger partial charge in [0.2, 0.25) is 0 Å². The van der Waals surface area contributed by atoms with Gasteiger partial charge in [-0.2, -0.15) is 5.10 Å². The molecule has 1 aromatic heterocycles. The summed E-state index contributed by atoms with van der Waals surface area (Å²) < 4.78 is 2.14. The van der Waals surface area contributed by atoms with Gasteiger partial charge >= 0.3 is 0 Å². The molecular weight excluding hydrogens is 238 g/mol. The van der Waals surface area contributed by atoms with Crippen molar-refractivity contribution in [3.63, 3.8) is 0 Å². The van der Waals surface area contributed by atoms with Gasteiger partial charge in [0.05, 0.1) is 24.4 Å². The standard InChI is InChI=1S/C15H21N3O/c1-16-15(11-19)8-4-6-13(9-15)18-14-7-3-2-5-12(14)10-17-18/h2-3,5,7,10,13,16,19H,4,6,8-9,11H2,1H3. The van der Waals surface area contributed by atoms with Gasteiger partial charge in [-0.3, -0.25) is 4.68 Å². The van der Waals surface area contributed by atoms with Crippen LogP contribution in [0.25, 0.3) is 10.9 Å². The fourth-order valence-corrected chi connectivity index (χ4v) is 3.27. The van der Waals surface area contributed by atoms with Gasteiger partial charge in [0, 0.05) is 10.9 Å².